The molecule has 7 heteroatoms. The third-order valence-corrected chi connectivity index (χ3v) is 5.72. The summed E-state index contributed by atoms with van der Waals surface area (Å²) in [4.78, 5) is 28.9. The number of aromatic nitrogens is 2. The number of aryl methyl sites for hydroxylation is 1. The van der Waals surface area contributed by atoms with Crippen LogP contribution in [0.15, 0.2) is 29.4 Å². The number of hydrogen-bond acceptors (Lipinski definition) is 4. The summed E-state index contributed by atoms with van der Waals surface area (Å²) < 4.78 is 1.96. The van der Waals surface area contributed by atoms with Crippen LogP contribution in [0, 0.1) is 0 Å². The van der Waals surface area contributed by atoms with Crippen molar-refractivity contribution < 1.29 is 9.59 Å². The first-order valence-corrected chi connectivity index (χ1v) is 9.62. The van der Waals surface area contributed by atoms with Crippen molar-refractivity contribution in [1.29, 1.82) is 0 Å². The molecule has 0 aliphatic heterocycles. The zero-order valence-corrected chi connectivity index (χ0v) is 15.4. The second-order valence-corrected chi connectivity index (χ2v) is 7.81. The Bertz CT molecular complexity index is 768. The predicted molar refractivity (Wildman–Crippen MR) is 99.6 cm³/mol. The summed E-state index contributed by atoms with van der Waals surface area (Å²) in [6.45, 7) is 1.78. The molecule has 1 aliphatic carbocycles. The minimum absolute atomic E-state index is 0.185. The number of nitrogens with zero attached hydrogens (tertiary/aromatic N) is 2. The zero-order valence-electron chi connectivity index (χ0n) is 14.6. The number of nitrogens with one attached hydrogen (secondary N) is 2. The summed E-state index contributed by atoms with van der Waals surface area (Å²) in [6.07, 6.45) is 5.48. The molecule has 1 fully saturated rings. The molecule has 0 spiro atoms. The fourth-order valence-corrected chi connectivity index (χ4v) is 4.01. The van der Waals surface area contributed by atoms with Crippen LogP contribution in [0.5, 0.6) is 0 Å². The second-order valence-electron chi connectivity index (χ2n) is 6.50. The number of benzene rings is 1. The van der Waals surface area contributed by atoms with Crippen LogP contribution in [0.2, 0.25) is 0 Å². The van der Waals surface area contributed by atoms with Crippen molar-refractivity contribution in [2.45, 2.75) is 55.5 Å². The Morgan fingerprint density at radius 1 is 1.24 bits per heavy atom. The van der Waals surface area contributed by atoms with Crippen LogP contribution in [-0.4, -0.2) is 32.8 Å². The fraction of sp³-hybridized carbons (Fsp3) is 0.500. The van der Waals surface area contributed by atoms with Gasteiger partial charge < -0.3 is 9.88 Å². The quantitative estimate of drug-likeness (QED) is 0.821. The molecule has 1 atom stereocenters. The van der Waals surface area contributed by atoms with E-state index in [0.717, 1.165) is 41.9 Å². The minimum atomic E-state index is -0.410. The van der Waals surface area contributed by atoms with E-state index >= 15 is 0 Å². The van der Waals surface area contributed by atoms with Crippen molar-refractivity contribution in [2.24, 2.45) is 7.05 Å². The highest BCUT2D eigenvalue weighted by atomic mass is 32.2. The predicted octanol–water partition coefficient (Wildman–Crippen LogP) is 3.21. The molecule has 1 heterocycles. The number of urea groups is 1. The van der Waals surface area contributed by atoms with E-state index in [1.165, 1.54) is 18.2 Å². The molecule has 1 aromatic carbocycles. The van der Waals surface area contributed by atoms with Crippen LogP contribution >= 0.6 is 11.8 Å². The molecule has 0 bridgehead atoms. The molecule has 3 amide bonds. The van der Waals surface area contributed by atoms with Crippen molar-refractivity contribution >= 4 is 34.7 Å². The van der Waals surface area contributed by atoms with Crippen molar-refractivity contribution in [1.82, 2.24) is 20.2 Å². The number of rotatable bonds is 4. The average molecular weight is 360 g/mol. The third-order valence-electron chi connectivity index (χ3n) is 4.57. The number of imidazole rings is 1. The third kappa shape index (κ3) is 4.34. The van der Waals surface area contributed by atoms with Gasteiger partial charge >= 0.3 is 6.03 Å². The van der Waals surface area contributed by atoms with E-state index in [0.29, 0.717) is 0 Å². The lowest BCUT2D eigenvalue weighted by molar-refractivity contribution is -0.119. The normalized spacial score (nSPS) is 16.6. The molecular formula is C18H24N4O2S. The smallest absolute Gasteiger partial charge is 0.321 e. The van der Waals surface area contributed by atoms with Gasteiger partial charge in [0.1, 0.15) is 0 Å². The number of thioether (sulfide) groups is 1. The summed E-state index contributed by atoms with van der Waals surface area (Å²) in [6, 6.07) is 7.63. The molecule has 25 heavy (non-hydrogen) atoms. The van der Waals surface area contributed by atoms with Crippen LogP contribution in [0.3, 0.4) is 0 Å². The highest BCUT2D eigenvalue weighted by molar-refractivity contribution is 8.00. The molecule has 1 aromatic heterocycles. The molecule has 0 saturated heterocycles. The summed E-state index contributed by atoms with van der Waals surface area (Å²) in [5.41, 5.74) is 1.92. The van der Waals surface area contributed by atoms with Crippen LogP contribution in [0.1, 0.15) is 39.0 Å². The van der Waals surface area contributed by atoms with Gasteiger partial charge in [-0.1, -0.05) is 43.2 Å². The largest absolute Gasteiger partial charge is 0.335 e. The number of carbonyl (C=O) groups excluding carboxylic acids is 2. The van der Waals surface area contributed by atoms with Gasteiger partial charge in [-0.05, 0) is 31.9 Å². The lowest BCUT2D eigenvalue weighted by Crippen LogP contribution is -2.47. The molecule has 2 aromatic rings. The Morgan fingerprint density at radius 2 is 1.96 bits per heavy atom. The Hall–Kier alpha value is -2.02. The van der Waals surface area contributed by atoms with E-state index in [9.17, 15) is 9.59 Å². The van der Waals surface area contributed by atoms with Crippen molar-refractivity contribution in [3.8, 4) is 0 Å². The molecule has 1 unspecified atom stereocenters. The van der Waals surface area contributed by atoms with Gasteiger partial charge in [0.25, 0.3) is 0 Å². The van der Waals surface area contributed by atoms with Gasteiger partial charge in [0.05, 0.1) is 16.3 Å². The maximum Gasteiger partial charge on any atom is 0.321 e. The molecule has 2 N–H and O–H groups in total. The summed E-state index contributed by atoms with van der Waals surface area (Å²) in [5, 5.41) is 5.71. The molecule has 1 saturated carbocycles. The molecule has 134 valence electrons. The second kappa shape index (κ2) is 7.91. The minimum Gasteiger partial charge on any atom is -0.335 e. The number of fused-ring (bicyclic) bond motifs is 1. The number of carbonyl (C=O) groups is 2. The highest BCUT2D eigenvalue weighted by Crippen LogP contribution is 2.26. The number of amides is 3. The van der Waals surface area contributed by atoms with E-state index in [2.05, 4.69) is 15.6 Å². The summed E-state index contributed by atoms with van der Waals surface area (Å²) >= 11 is 1.35. The maximum atomic E-state index is 12.3. The van der Waals surface area contributed by atoms with E-state index in [-0.39, 0.29) is 11.9 Å². The van der Waals surface area contributed by atoms with E-state index < -0.39 is 11.3 Å². The van der Waals surface area contributed by atoms with E-state index in [1.807, 2.05) is 35.9 Å². The lowest BCUT2D eigenvalue weighted by atomic mass is 9.96. The Labute approximate surface area is 151 Å². The Morgan fingerprint density at radius 3 is 2.68 bits per heavy atom. The standard InChI is InChI=1S/C18H24N4O2S/c1-12(16(23)21-17(24)19-13-8-4-3-5-9-13)25-18-20-14-10-6-7-11-15(14)22(18)2/h6-7,10-13H,3-5,8-9H2,1-2H3,(H2,19,21,23,24). The molecule has 0 radical (unpaired) electrons. The Kier molecular flexibility index (Phi) is 5.63. The van der Waals surface area contributed by atoms with Gasteiger partial charge in [0, 0.05) is 13.1 Å². The highest BCUT2D eigenvalue weighted by Gasteiger charge is 2.22. The van der Waals surface area contributed by atoms with Crippen molar-refractivity contribution in [2.75, 3.05) is 0 Å². The average Bonchev–Trinajstić information content (AvgIpc) is 2.92. The van der Waals surface area contributed by atoms with E-state index in [1.54, 1.807) is 6.92 Å². The van der Waals surface area contributed by atoms with Crippen LogP contribution < -0.4 is 10.6 Å². The van der Waals surface area contributed by atoms with Crippen molar-refractivity contribution in [3.05, 3.63) is 24.3 Å². The Balaban J connectivity index is 1.56. The van der Waals surface area contributed by atoms with Crippen molar-refractivity contribution in [3.63, 3.8) is 0 Å². The van der Waals surface area contributed by atoms with Gasteiger partial charge in [0.15, 0.2) is 5.16 Å². The number of para-hydroxylation sites is 2. The first-order chi connectivity index (χ1) is 12.0. The van der Waals surface area contributed by atoms with Crippen LogP contribution in [0.25, 0.3) is 11.0 Å². The maximum absolute atomic E-state index is 12.3. The number of hydrogen-bond donors (Lipinski definition) is 2. The first kappa shape index (κ1) is 17.8. The zero-order chi connectivity index (χ0) is 17.8. The molecular weight excluding hydrogens is 336 g/mol. The van der Waals surface area contributed by atoms with Crippen LogP contribution in [-0.2, 0) is 11.8 Å². The topological polar surface area (TPSA) is 76.0 Å². The van der Waals surface area contributed by atoms with Gasteiger partial charge in [-0.3, -0.25) is 10.1 Å². The van der Waals surface area contributed by atoms with Gasteiger partial charge in [-0.2, -0.15) is 0 Å². The van der Waals surface area contributed by atoms with Crippen LogP contribution in [0.4, 0.5) is 4.79 Å². The monoisotopic (exact) mass is 360 g/mol. The summed E-state index contributed by atoms with van der Waals surface area (Å²) in [7, 11) is 1.93. The van der Waals surface area contributed by atoms with Gasteiger partial charge in [-0.15, -0.1) is 0 Å². The summed E-state index contributed by atoms with van der Waals surface area (Å²) in [5.74, 6) is -0.301. The fourth-order valence-electron chi connectivity index (χ4n) is 3.12. The van der Waals surface area contributed by atoms with Gasteiger partial charge in [0.2, 0.25) is 5.91 Å². The first-order valence-electron chi connectivity index (χ1n) is 8.74. The van der Waals surface area contributed by atoms with E-state index in [4.69, 9.17) is 0 Å². The number of imide groups is 1. The molecule has 6 nitrogen and oxygen atoms in total. The molecule has 1 aliphatic rings. The SMILES string of the molecule is CC(Sc1nc2ccccc2n1C)C(=O)NC(=O)NC1CCCCC1. The van der Waals surface area contributed by atoms with Gasteiger partial charge in [-0.25, -0.2) is 9.78 Å². The lowest BCUT2D eigenvalue weighted by Gasteiger charge is -2.23. The molecule has 3 rings (SSSR count).